The lowest BCUT2D eigenvalue weighted by Crippen LogP contribution is -2.61. The average Bonchev–Trinajstić information content (AvgIpc) is 3.57. The number of ether oxygens (including phenoxy) is 5. The molecule has 11 nitrogen and oxygen atoms in total. The predicted molar refractivity (Wildman–Crippen MR) is 196 cm³/mol. The fourth-order valence-electron chi connectivity index (χ4n) is 7.96. The van der Waals surface area contributed by atoms with Crippen LogP contribution in [0.2, 0.25) is 0 Å². The second-order valence-electron chi connectivity index (χ2n) is 15.6. The second kappa shape index (κ2) is 16.8. The van der Waals surface area contributed by atoms with Crippen LogP contribution in [0, 0.1) is 23.3 Å². The normalized spacial score (nSPS) is 21.7. The Kier molecular flexibility index (Phi) is 12.3. The molecule has 15 heteroatoms. The Hall–Kier alpha value is -4.73. The fourth-order valence-corrected chi connectivity index (χ4v) is 7.96. The van der Waals surface area contributed by atoms with E-state index < -0.39 is 76.4 Å². The highest BCUT2D eigenvalue weighted by Gasteiger charge is 2.53. The largest absolute Gasteiger partial charge is 0.453 e. The maximum Gasteiger partial charge on any atom is 0.410 e. The third-order valence-corrected chi connectivity index (χ3v) is 10.2. The zero-order valence-electron chi connectivity index (χ0n) is 31.8. The Morgan fingerprint density at radius 3 is 2.29 bits per heavy atom. The maximum absolute atomic E-state index is 15.8. The molecular formula is C41H47F4N3O8. The van der Waals surface area contributed by atoms with E-state index in [1.54, 1.807) is 25.7 Å². The fraction of sp³-hybridized carbons (Fsp3) is 0.488. The topological polar surface area (TPSA) is 125 Å². The van der Waals surface area contributed by atoms with Gasteiger partial charge in [0, 0.05) is 36.1 Å². The minimum Gasteiger partial charge on any atom is -0.453 e. The highest BCUT2D eigenvalue weighted by molar-refractivity contribution is 5.98. The second-order valence-corrected chi connectivity index (χ2v) is 15.6. The molecule has 2 aliphatic heterocycles. The minimum absolute atomic E-state index is 0.0408. The molecule has 3 aromatic rings. The van der Waals surface area contributed by atoms with Gasteiger partial charge in [-0.2, -0.15) is 0 Å². The number of hydrogen-bond donors (Lipinski definition) is 2. The van der Waals surface area contributed by atoms with Crippen molar-refractivity contribution in [2.24, 2.45) is 0 Å². The molecule has 3 aliphatic rings. The molecular weight excluding hydrogens is 738 g/mol. The van der Waals surface area contributed by atoms with Gasteiger partial charge in [-0.15, -0.1) is 0 Å². The van der Waals surface area contributed by atoms with Gasteiger partial charge in [0.25, 0.3) is 0 Å². The first kappa shape index (κ1) is 40.9. The van der Waals surface area contributed by atoms with Crippen LogP contribution in [0.3, 0.4) is 0 Å². The van der Waals surface area contributed by atoms with Crippen molar-refractivity contribution in [3.63, 3.8) is 0 Å². The van der Waals surface area contributed by atoms with Crippen molar-refractivity contribution in [1.82, 2.24) is 10.2 Å². The molecule has 3 amide bonds. The maximum atomic E-state index is 15.8. The molecule has 2 heterocycles. The van der Waals surface area contributed by atoms with E-state index >= 15 is 4.39 Å². The van der Waals surface area contributed by atoms with Crippen molar-refractivity contribution >= 4 is 23.8 Å². The quantitative estimate of drug-likeness (QED) is 0.216. The van der Waals surface area contributed by atoms with E-state index in [2.05, 4.69) is 10.6 Å². The van der Waals surface area contributed by atoms with E-state index in [-0.39, 0.29) is 48.3 Å². The summed E-state index contributed by atoms with van der Waals surface area (Å²) in [4.78, 5) is 42.0. The molecule has 2 spiro atoms. The Labute approximate surface area is 322 Å². The van der Waals surface area contributed by atoms with Gasteiger partial charge in [-0.3, -0.25) is 4.79 Å². The lowest BCUT2D eigenvalue weighted by molar-refractivity contribution is -0.254. The first-order valence-electron chi connectivity index (χ1n) is 18.6. The molecule has 0 aromatic heterocycles. The smallest absolute Gasteiger partial charge is 0.410 e. The molecule has 4 atom stereocenters. The van der Waals surface area contributed by atoms with Gasteiger partial charge < -0.3 is 39.2 Å². The van der Waals surface area contributed by atoms with Gasteiger partial charge in [-0.25, -0.2) is 27.2 Å². The van der Waals surface area contributed by atoms with E-state index in [1.165, 1.54) is 30.3 Å². The molecule has 0 bridgehead atoms. The van der Waals surface area contributed by atoms with E-state index in [1.807, 2.05) is 0 Å². The van der Waals surface area contributed by atoms with E-state index in [0.29, 0.717) is 38.5 Å². The Morgan fingerprint density at radius 2 is 1.62 bits per heavy atom. The number of nitrogens with one attached hydrogen (secondary N) is 2. The Balaban J connectivity index is 1.28. The molecule has 3 aromatic carbocycles. The number of carbonyl (C=O) groups excluding carboxylic acids is 3. The molecule has 302 valence electrons. The number of benzene rings is 3. The number of amides is 3. The number of morpholine rings is 1. The van der Waals surface area contributed by atoms with Crippen molar-refractivity contribution in [3.8, 4) is 0 Å². The minimum atomic E-state index is -1.59. The Morgan fingerprint density at radius 1 is 0.929 bits per heavy atom. The molecule has 1 saturated carbocycles. The van der Waals surface area contributed by atoms with Gasteiger partial charge in [0.1, 0.15) is 34.9 Å². The van der Waals surface area contributed by atoms with Gasteiger partial charge in [-0.1, -0.05) is 18.2 Å². The van der Waals surface area contributed by atoms with Crippen LogP contribution in [0.15, 0.2) is 60.7 Å². The van der Waals surface area contributed by atoms with Gasteiger partial charge in [0.2, 0.25) is 5.91 Å². The van der Waals surface area contributed by atoms with Crippen LogP contribution in [-0.2, 0) is 34.9 Å². The van der Waals surface area contributed by atoms with Crippen LogP contribution >= 0.6 is 0 Å². The summed E-state index contributed by atoms with van der Waals surface area (Å²) in [6.07, 6.45) is 0.622. The highest BCUT2D eigenvalue weighted by atomic mass is 19.1. The molecule has 6 rings (SSSR count). The number of anilines is 1. The van der Waals surface area contributed by atoms with Gasteiger partial charge >= 0.3 is 12.2 Å². The van der Waals surface area contributed by atoms with Crippen LogP contribution in [0.25, 0.3) is 0 Å². The first-order valence-corrected chi connectivity index (χ1v) is 18.6. The predicted octanol–water partition coefficient (Wildman–Crippen LogP) is 7.36. The number of rotatable bonds is 9. The van der Waals surface area contributed by atoms with Gasteiger partial charge in [-0.05, 0) is 94.0 Å². The van der Waals surface area contributed by atoms with Crippen molar-refractivity contribution in [2.45, 2.75) is 94.3 Å². The third kappa shape index (κ3) is 9.79. The third-order valence-electron chi connectivity index (χ3n) is 10.2. The molecule has 0 radical (unpaired) electrons. The number of halogens is 4. The molecule has 3 fully saturated rings. The summed E-state index contributed by atoms with van der Waals surface area (Å²) in [6, 6.07) is 10.1. The zero-order chi connectivity index (χ0) is 40.3. The number of carbonyl (C=O) groups is 3. The summed E-state index contributed by atoms with van der Waals surface area (Å²) < 4.78 is 88.3. The van der Waals surface area contributed by atoms with Crippen LogP contribution in [0.4, 0.5) is 32.8 Å². The number of methoxy groups -OCH3 is 1. The summed E-state index contributed by atoms with van der Waals surface area (Å²) in [5, 5.41) is 5.15. The van der Waals surface area contributed by atoms with Crippen molar-refractivity contribution in [3.05, 3.63) is 101 Å². The van der Waals surface area contributed by atoms with Crippen molar-refractivity contribution in [2.75, 3.05) is 38.7 Å². The number of nitrogens with zero attached hydrogens (tertiary/aromatic N) is 1. The monoisotopic (exact) mass is 785 g/mol. The van der Waals surface area contributed by atoms with Crippen LogP contribution < -0.4 is 10.6 Å². The Bertz CT molecular complexity index is 1880. The lowest BCUT2D eigenvalue weighted by atomic mass is 9.79. The van der Waals surface area contributed by atoms with Crippen LogP contribution in [0.1, 0.15) is 75.5 Å². The summed E-state index contributed by atoms with van der Waals surface area (Å²) in [5.41, 5.74) is -1.18. The lowest BCUT2D eigenvalue weighted by Gasteiger charge is -2.51. The van der Waals surface area contributed by atoms with Crippen LogP contribution in [-0.4, -0.2) is 85.5 Å². The van der Waals surface area contributed by atoms with Gasteiger partial charge in [0.05, 0.1) is 45.1 Å². The highest BCUT2D eigenvalue weighted by Crippen LogP contribution is 2.46. The molecule has 2 N–H and O–H groups in total. The average molecular weight is 786 g/mol. The summed E-state index contributed by atoms with van der Waals surface area (Å²) >= 11 is 0. The standard InChI is InChI=1S/C41H47F4N3O8/c1-39(2,3)56-38(51)48-22-30(55-40(24-48)15-6-16-41(23-40)53-17-18-54-41)13-14-31-32(45)7-5-8-33(31)46-36(49)35(47-37(50)52-4)34(25-9-11-27(42)12-10-25)26-19-28(43)21-29(44)20-26/h5,7-12,19-21,30,34-35H,6,13-18,22-24H2,1-4H3,(H,46,49)(H,47,50)/t30-,34+,35+,40?/m1/s1. The summed E-state index contributed by atoms with van der Waals surface area (Å²) in [7, 11) is 1.08. The number of alkyl carbamates (subject to hydrolysis) is 1. The summed E-state index contributed by atoms with van der Waals surface area (Å²) in [6.45, 7) is 6.68. The first-order chi connectivity index (χ1) is 26.6. The number of hydrogen-bond acceptors (Lipinski definition) is 8. The summed E-state index contributed by atoms with van der Waals surface area (Å²) in [5.74, 6) is -6.08. The van der Waals surface area contributed by atoms with E-state index in [4.69, 9.17) is 23.7 Å². The van der Waals surface area contributed by atoms with Crippen molar-refractivity contribution in [1.29, 1.82) is 0 Å². The zero-order valence-corrected chi connectivity index (χ0v) is 31.8. The van der Waals surface area contributed by atoms with E-state index in [0.717, 1.165) is 37.8 Å². The molecule has 1 unspecified atom stereocenters. The SMILES string of the molecule is COC(=O)N[C@H](C(=O)Nc1cccc(F)c1CC[C@@H]1CN(C(=O)OC(C)(C)C)CC2(CCCC3(C2)OCCO3)O1)[C@@H](c1ccc(F)cc1)c1cc(F)cc(F)c1. The van der Waals surface area contributed by atoms with Gasteiger partial charge in [0.15, 0.2) is 5.79 Å². The molecule has 1 aliphatic carbocycles. The van der Waals surface area contributed by atoms with Crippen LogP contribution in [0.5, 0.6) is 0 Å². The molecule has 56 heavy (non-hydrogen) atoms. The molecule has 2 saturated heterocycles. The van der Waals surface area contributed by atoms with Crippen molar-refractivity contribution < 1.29 is 55.6 Å². The van der Waals surface area contributed by atoms with E-state index in [9.17, 15) is 27.6 Å².